The zero-order valence-corrected chi connectivity index (χ0v) is 39.8. The fraction of sp³-hybridized carbons (Fsp3) is 0.800. The maximum atomic E-state index is 12.7. The second-order valence-corrected chi connectivity index (χ2v) is 17.9. The largest absolute Gasteiger partial charge is 0.472 e. The second kappa shape index (κ2) is 45.9. The van der Waals surface area contributed by atoms with E-state index in [0.29, 0.717) is 12.8 Å². The highest BCUT2D eigenvalue weighted by Crippen LogP contribution is 2.43. The number of hydrogen-bond acceptors (Lipinski definition) is 9. The topological polar surface area (TPSA) is 149 Å². The van der Waals surface area contributed by atoms with Crippen molar-refractivity contribution in [2.45, 2.75) is 232 Å². The van der Waals surface area contributed by atoms with E-state index in [1.807, 2.05) is 0 Å². The van der Waals surface area contributed by atoms with Gasteiger partial charge in [-0.3, -0.25) is 18.6 Å². The number of unbranched alkanes of at least 4 members (excludes halogenated alkanes) is 24. The molecule has 0 rings (SSSR count). The highest BCUT2D eigenvalue weighted by Gasteiger charge is 2.27. The summed E-state index contributed by atoms with van der Waals surface area (Å²) >= 11 is 0. The standard InChI is InChI=1S/C50H91O10P/c1-3-5-7-9-11-13-15-17-19-21-22-23-24-26-28-30-32-34-36-38-40-42-50(54)60-48(46-59-61(55,56)58-44-47(52)43-51)45-57-49(53)41-39-37-35-33-31-29-27-25-20-18-16-14-12-10-8-6-4-2/h12,14-15,17-18,20-22,47-48,51-52H,3-11,13,16,19,23-46H2,1-2H3,(H,55,56)/b14-12-,17-15-,20-18-,22-21-. The summed E-state index contributed by atoms with van der Waals surface area (Å²) in [6, 6.07) is 0. The molecule has 0 aromatic heterocycles. The van der Waals surface area contributed by atoms with Crippen LogP contribution in [0.25, 0.3) is 0 Å². The van der Waals surface area contributed by atoms with Gasteiger partial charge in [-0.25, -0.2) is 4.57 Å². The lowest BCUT2D eigenvalue weighted by Gasteiger charge is -2.20. The molecule has 0 saturated carbocycles. The van der Waals surface area contributed by atoms with E-state index in [-0.39, 0.29) is 19.4 Å². The van der Waals surface area contributed by atoms with Gasteiger partial charge in [-0.05, 0) is 77.0 Å². The molecule has 0 aliphatic carbocycles. The number of aliphatic hydroxyl groups is 2. The Bertz CT molecular complexity index is 1150. The van der Waals surface area contributed by atoms with Crippen LogP contribution in [0, 0.1) is 0 Å². The van der Waals surface area contributed by atoms with Crippen LogP contribution in [-0.4, -0.2) is 65.7 Å². The number of allylic oxidation sites excluding steroid dienone is 8. The number of phosphoric acid groups is 1. The molecule has 10 nitrogen and oxygen atoms in total. The van der Waals surface area contributed by atoms with E-state index in [4.69, 9.17) is 23.6 Å². The van der Waals surface area contributed by atoms with Gasteiger partial charge in [0.1, 0.15) is 12.7 Å². The Morgan fingerprint density at radius 1 is 0.492 bits per heavy atom. The summed E-state index contributed by atoms with van der Waals surface area (Å²) in [6.45, 7) is 2.35. The number of carbonyl (C=O) groups is 2. The van der Waals surface area contributed by atoms with Crippen LogP contribution < -0.4 is 0 Å². The number of ether oxygens (including phenoxy) is 2. The molecule has 0 aromatic rings. The van der Waals surface area contributed by atoms with Crippen molar-refractivity contribution in [3.05, 3.63) is 48.6 Å². The van der Waals surface area contributed by atoms with Crippen LogP contribution in [0.5, 0.6) is 0 Å². The number of phosphoric ester groups is 1. The molecule has 11 heteroatoms. The predicted octanol–water partition coefficient (Wildman–Crippen LogP) is 13.7. The molecule has 356 valence electrons. The first kappa shape index (κ1) is 58.9. The fourth-order valence-corrected chi connectivity index (χ4v) is 7.43. The van der Waals surface area contributed by atoms with Gasteiger partial charge in [0.05, 0.1) is 19.8 Å². The SMILES string of the molecule is CCCCC/C=C\C/C=C\CCCCCCCCCC(=O)OCC(COP(=O)(O)OCC(O)CO)OC(=O)CCCCCCCCCCC/C=C\C/C=C\CCCCCCC. The van der Waals surface area contributed by atoms with Gasteiger partial charge < -0.3 is 24.6 Å². The zero-order chi connectivity index (χ0) is 44.8. The van der Waals surface area contributed by atoms with Crippen molar-refractivity contribution >= 4 is 19.8 Å². The number of carbonyl (C=O) groups excluding carboxylic acids is 2. The van der Waals surface area contributed by atoms with Crippen molar-refractivity contribution < 1.29 is 47.8 Å². The lowest BCUT2D eigenvalue weighted by Crippen LogP contribution is -2.29. The van der Waals surface area contributed by atoms with Crippen LogP contribution in [-0.2, 0) is 32.7 Å². The van der Waals surface area contributed by atoms with Crippen molar-refractivity contribution in [1.82, 2.24) is 0 Å². The minimum absolute atomic E-state index is 0.177. The zero-order valence-electron chi connectivity index (χ0n) is 38.9. The van der Waals surface area contributed by atoms with Crippen LogP contribution in [0.1, 0.15) is 219 Å². The van der Waals surface area contributed by atoms with Crippen molar-refractivity contribution in [2.75, 3.05) is 26.4 Å². The van der Waals surface area contributed by atoms with Crippen LogP contribution in [0.15, 0.2) is 48.6 Å². The van der Waals surface area contributed by atoms with E-state index in [0.717, 1.165) is 64.2 Å². The van der Waals surface area contributed by atoms with Crippen LogP contribution in [0.4, 0.5) is 0 Å². The number of rotatable bonds is 46. The molecule has 0 aliphatic heterocycles. The van der Waals surface area contributed by atoms with Crippen molar-refractivity contribution in [3.63, 3.8) is 0 Å². The fourth-order valence-electron chi connectivity index (χ4n) is 6.64. The van der Waals surface area contributed by atoms with E-state index in [2.05, 4.69) is 62.5 Å². The quantitative estimate of drug-likeness (QED) is 0.0233. The summed E-state index contributed by atoms with van der Waals surface area (Å²) in [5.41, 5.74) is 0. The van der Waals surface area contributed by atoms with Gasteiger partial charge >= 0.3 is 19.8 Å². The Morgan fingerprint density at radius 2 is 0.852 bits per heavy atom. The Labute approximate surface area is 373 Å². The number of esters is 2. The lowest BCUT2D eigenvalue weighted by molar-refractivity contribution is -0.161. The Morgan fingerprint density at radius 3 is 1.30 bits per heavy atom. The van der Waals surface area contributed by atoms with Crippen LogP contribution in [0.2, 0.25) is 0 Å². The molecule has 0 fully saturated rings. The van der Waals surface area contributed by atoms with Gasteiger partial charge in [0.25, 0.3) is 0 Å². The predicted molar refractivity (Wildman–Crippen MR) is 251 cm³/mol. The smallest absolute Gasteiger partial charge is 0.462 e. The third-order valence-electron chi connectivity index (χ3n) is 10.5. The van der Waals surface area contributed by atoms with Crippen molar-refractivity contribution in [3.8, 4) is 0 Å². The van der Waals surface area contributed by atoms with Gasteiger partial charge in [-0.15, -0.1) is 0 Å². The van der Waals surface area contributed by atoms with E-state index in [1.165, 1.54) is 116 Å². The average molecular weight is 883 g/mol. The van der Waals surface area contributed by atoms with Gasteiger partial charge in [0.2, 0.25) is 0 Å². The molecule has 61 heavy (non-hydrogen) atoms. The minimum Gasteiger partial charge on any atom is -0.462 e. The Balaban J connectivity index is 4.23. The molecule has 3 N–H and O–H groups in total. The van der Waals surface area contributed by atoms with E-state index < -0.39 is 51.8 Å². The average Bonchev–Trinajstić information content (AvgIpc) is 3.25. The molecular formula is C50H91O10P. The highest BCUT2D eigenvalue weighted by atomic mass is 31.2. The van der Waals surface area contributed by atoms with Crippen LogP contribution in [0.3, 0.4) is 0 Å². The summed E-state index contributed by atoms with van der Waals surface area (Å²) in [4.78, 5) is 35.1. The second-order valence-electron chi connectivity index (χ2n) is 16.5. The molecule has 3 atom stereocenters. The van der Waals surface area contributed by atoms with Crippen molar-refractivity contribution in [2.24, 2.45) is 0 Å². The van der Waals surface area contributed by atoms with E-state index in [1.54, 1.807) is 0 Å². The molecule has 0 saturated heterocycles. The first-order valence-electron chi connectivity index (χ1n) is 24.6. The van der Waals surface area contributed by atoms with E-state index in [9.17, 15) is 24.2 Å². The van der Waals surface area contributed by atoms with E-state index >= 15 is 0 Å². The van der Waals surface area contributed by atoms with Gasteiger partial charge in [0.15, 0.2) is 6.10 Å². The summed E-state index contributed by atoms with van der Waals surface area (Å²) in [6.07, 6.45) is 50.7. The molecule has 0 heterocycles. The van der Waals surface area contributed by atoms with Crippen LogP contribution >= 0.6 is 7.82 Å². The summed E-state index contributed by atoms with van der Waals surface area (Å²) < 4.78 is 32.8. The maximum absolute atomic E-state index is 12.7. The summed E-state index contributed by atoms with van der Waals surface area (Å²) in [5, 5.41) is 18.4. The maximum Gasteiger partial charge on any atom is 0.472 e. The van der Waals surface area contributed by atoms with Gasteiger partial charge in [-0.2, -0.15) is 0 Å². The number of hydrogen-bond donors (Lipinski definition) is 3. The molecular weight excluding hydrogens is 792 g/mol. The highest BCUT2D eigenvalue weighted by molar-refractivity contribution is 7.47. The molecule has 0 amide bonds. The first-order chi connectivity index (χ1) is 29.7. The Hall–Kier alpha value is -2.07. The molecule has 0 bridgehead atoms. The summed E-state index contributed by atoms with van der Waals surface area (Å²) in [5.74, 6) is -0.935. The first-order valence-corrected chi connectivity index (χ1v) is 26.1. The molecule has 3 unspecified atom stereocenters. The lowest BCUT2D eigenvalue weighted by atomic mass is 10.1. The normalized spacial score (nSPS) is 14.1. The Kier molecular flexibility index (Phi) is 44.4. The molecule has 0 radical (unpaired) electrons. The molecule has 0 spiro atoms. The third-order valence-corrected chi connectivity index (χ3v) is 11.4. The minimum atomic E-state index is -4.63. The molecule has 0 aliphatic rings. The van der Waals surface area contributed by atoms with Crippen molar-refractivity contribution in [1.29, 1.82) is 0 Å². The molecule has 0 aromatic carbocycles. The number of aliphatic hydroxyl groups excluding tert-OH is 2. The third kappa shape index (κ3) is 45.8. The van der Waals surface area contributed by atoms with Gasteiger partial charge in [0, 0.05) is 12.8 Å². The summed E-state index contributed by atoms with van der Waals surface area (Å²) in [7, 11) is -4.63. The van der Waals surface area contributed by atoms with Gasteiger partial charge in [-0.1, -0.05) is 178 Å². The monoisotopic (exact) mass is 883 g/mol.